The molecule has 4 aliphatic rings. The van der Waals surface area contributed by atoms with Crippen molar-refractivity contribution in [2.24, 2.45) is 17.3 Å². The number of hydrogen-bond donors (Lipinski definition) is 3. The molecule has 1 aliphatic heterocycles. The van der Waals surface area contributed by atoms with Gasteiger partial charge in [-0.1, -0.05) is 13.0 Å². The van der Waals surface area contributed by atoms with Crippen molar-refractivity contribution >= 4 is 29.0 Å². The summed E-state index contributed by atoms with van der Waals surface area (Å²) >= 11 is 1.66. The van der Waals surface area contributed by atoms with E-state index in [-0.39, 0.29) is 29.1 Å². The van der Waals surface area contributed by atoms with Crippen LogP contribution in [0.2, 0.25) is 0 Å². The van der Waals surface area contributed by atoms with Crippen LogP contribution in [-0.4, -0.2) is 22.5 Å². The molecule has 3 N–H and O–H groups in total. The molecule has 2 aromatic heterocycles. The summed E-state index contributed by atoms with van der Waals surface area (Å²) in [5.74, 6) is 0.903. The number of aromatic nitrogens is 1. The highest BCUT2D eigenvalue weighted by Crippen LogP contribution is 2.58. The maximum atomic E-state index is 13.0. The number of anilines is 1. The fourth-order valence-electron chi connectivity index (χ4n) is 5.43. The monoisotopic (exact) mass is 396 g/mol. The Hall–Kier alpha value is -2.41. The average molecular weight is 397 g/mol. The van der Waals surface area contributed by atoms with Crippen LogP contribution in [0.3, 0.4) is 0 Å². The Balaban J connectivity index is 1.37. The zero-order valence-electron chi connectivity index (χ0n) is 15.8. The van der Waals surface area contributed by atoms with E-state index in [1.807, 2.05) is 17.5 Å². The Labute approximate surface area is 168 Å². The Kier molecular flexibility index (Phi) is 3.98. The molecule has 2 amide bonds. The van der Waals surface area contributed by atoms with E-state index < -0.39 is 5.66 Å². The minimum atomic E-state index is -0.504. The van der Waals surface area contributed by atoms with Gasteiger partial charge >= 0.3 is 0 Å². The Morgan fingerprint density at radius 1 is 1.36 bits per heavy atom. The largest absolute Gasteiger partial charge is 0.351 e. The van der Waals surface area contributed by atoms with Gasteiger partial charge in [0.25, 0.3) is 5.91 Å². The van der Waals surface area contributed by atoms with Gasteiger partial charge in [0, 0.05) is 22.9 Å². The van der Waals surface area contributed by atoms with Crippen molar-refractivity contribution < 1.29 is 9.59 Å². The van der Waals surface area contributed by atoms with Gasteiger partial charge in [-0.05, 0) is 54.7 Å². The van der Waals surface area contributed by atoms with Gasteiger partial charge < -0.3 is 16.0 Å². The number of hydrogen-bond acceptors (Lipinski definition) is 5. The molecular formula is C21H24N4O2S. The first-order valence-electron chi connectivity index (χ1n) is 9.85. The predicted octanol–water partition coefficient (Wildman–Crippen LogP) is 3.14. The lowest BCUT2D eigenvalue weighted by Gasteiger charge is -2.60. The summed E-state index contributed by atoms with van der Waals surface area (Å²) in [6, 6.07) is 7.62. The van der Waals surface area contributed by atoms with Crippen LogP contribution >= 0.6 is 11.3 Å². The molecule has 7 heteroatoms. The van der Waals surface area contributed by atoms with Crippen LogP contribution in [0, 0.1) is 17.3 Å². The van der Waals surface area contributed by atoms with Crippen LogP contribution in [0.25, 0.3) is 0 Å². The zero-order valence-corrected chi connectivity index (χ0v) is 16.6. The van der Waals surface area contributed by atoms with Crippen molar-refractivity contribution in [1.29, 1.82) is 0 Å². The third kappa shape index (κ3) is 2.71. The fourth-order valence-corrected chi connectivity index (χ4v) is 6.08. The van der Waals surface area contributed by atoms with Gasteiger partial charge in [0.15, 0.2) is 0 Å². The van der Waals surface area contributed by atoms with Crippen LogP contribution in [0.15, 0.2) is 35.8 Å². The summed E-state index contributed by atoms with van der Waals surface area (Å²) < 4.78 is 0. The number of fused-ring (bicyclic) bond motifs is 3. The lowest BCUT2D eigenvalue weighted by molar-refractivity contribution is -0.139. The van der Waals surface area contributed by atoms with E-state index in [9.17, 15) is 9.59 Å². The van der Waals surface area contributed by atoms with Crippen LogP contribution in [0.4, 0.5) is 5.82 Å². The van der Waals surface area contributed by atoms with E-state index in [1.54, 1.807) is 29.7 Å². The van der Waals surface area contributed by atoms with Crippen molar-refractivity contribution in [1.82, 2.24) is 15.6 Å². The summed E-state index contributed by atoms with van der Waals surface area (Å²) in [7, 11) is 0. The van der Waals surface area contributed by atoms with Crippen molar-refractivity contribution in [2.45, 2.75) is 44.8 Å². The molecule has 6 rings (SSSR count). The maximum absolute atomic E-state index is 13.0. The molecule has 6 nitrogen and oxygen atoms in total. The van der Waals surface area contributed by atoms with Crippen LogP contribution < -0.4 is 16.0 Å². The lowest BCUT2D eigenvalue weighted by atomic mass is 9.51. The number of carbonyl (C=O) groups excluding carboxylic acids is 2. The molecule has 1 spiro atoms. The summed E-state index contributed by atoms with van der Waals surface area (Å²) in [4.78, 5) is 31.3. The highest BCUT2D eigenvalue weighted by Gasteiger charge is 2.60. The third-order valence-corrected chi connectivity index (χ3v) is 7.75. The second-order valence-electron chi connectivity index (χ2n) is 8.60. The summed E-state index contributed by atoms with van der Waals surface area (Å²) in [6.07, 6.45) is 5.23. The van der Waals surface area contributed by atoms with Gasteiger partial charge in [-0.15, -0.1) is 11.3 Å². The van der Waals surface area contributed by atoms with E-state index in [0.29, 0.717) is 17.9 Å². The predicted molar refractivity (Wildman–Crippen MR) is 108 cm³/mol. The van der Waals surface area contributed by atoms with Crippen molar-refractivity contribution in [2.75, 3.05) is 5.32 Å². The maximum Gasteiger partial charge on any atom is 0.256 e. The summed E-state index contributed by atoms with van der Waals surface area (Å²) in [6.45, 7) is 2.78. The van der Waals surface area contributed by atoms with Gasteiger partial charge in [0.1, 0.15) is 11.5 Å². The van der Waals surface area contributed by atoms with E-state index in [2.05, 4.69) is 27.9 Å². The first kappa shape index (κ1) is 17.7. The summed E-state index contributed by atoms with van der Waals surface area (Å²) in [5.41, 5.74) is -0.0680. The smallest absolute Gasteiger partial charge is 0.256 e. The van der Waals surface area contributed by atoms with Gasteiger partial charge in [-0.25, -0.2) is 4.98 Å². The Morgan fingerprint density at radius 3 is 3.04 bits per heavy atom. The Bertz CT molecular complexity index is 930. The summed E-state index contributed by atoms with van der Waals surface area (Å²) in [5, 5.41) is 11.9. The van der Waals surface area contributed by atoms with Crippen LogP contribution in [0.5, 0.6) is 0 Å². The number of rotatable bonds is 3. The molecule has 2 bridgehead atoms. The second kappa shape index (κ2) is 6.30. The molecule has 2 aromatic rings. The molecule has 3 saturated carbocycles. The topological polar surface area (TPSA) is 83.1 Å². The van der Waals surface area contributed by atoms with E-state index in [0.717, 1.165) is 25.7 Å². The minimum absolute atomic E-state index is 0.0272. The first-order chi connectivity index (χ1) is 13.5. The van der Waals surface area contributed by atoms with Crippen molar-refractivity contribution in [3.05, 3.63) is 46.3 Å². The molecule has 3 heterocycles. The quantitative estimate of drug-likeness (QED) is 0.744. The standard InChI is InChI=1S/C21H24N4O2S/c1-20-7-6-13(10-16(20)19(27)23-11-14-4-3-9-28-14)21(12-20)24-17-15(18(26)25-21)5-2-8-22-17/h2-5,8-9,13,16H,6-7,10-12H2,1H3,(H,22,24)(H,23,27)(H,25,26)/t13-,16-,20-,21+/m0/s1. The normalized spacial score (nSPS) is 33.1. The van der Waals surface area contributed by atoms with Gasteiger partial charge in [-0.3, -0.25) is 9.59 Å². The molecule has 0 aromatic carbocycles. The second-order valence-corrected chi connectivity index (χ2v) is 9.63. The van der Waals surface area contributed by atoms with E-state index >= 15 is 0 Å². The zero-order chi connectivity index (χ0) is 19.4. The Morgan fingerprint density at radius 2 is 2.25 bits per heavy atom. The average Bonchev–Trinajstić information content (AvgIpc) is 3.19. The van der Waals surface area contributed by atoms with Crippen molar-refractivity contribution in [3.63, 3.8) is 0 Å². The van der Waals surface area contributed by atoms with Gasteiger partial charge in [-0.2, -0.15) is 0 Å². The molecule has 146 valence electrons. The SMILES string of the molecule is C[C@@]12CC[C@@H](C[C@H]1C(=O)NCc1cccs1)[C@@]1(C2)NC(=O)c2cccnc2N1. The molecule has 0 unspecified atom stereocenters. The van der Waals surface area contributed by atoms with Gasteiger partial charge in [0.2, 0.25) is 5.91 Å². The van der Waals surface area contributed by atoms with E-state index in [4.69, 9.17) is 0 Å². The molecular weight excluding hydrogens is 372 g/mol. The molecule has 0 radical (unpaired) electrons. The number of pyridine rings is 1. The van der Waals surface area contributed by atoms with Crippen molar-refractivity contribution in [3.8, 4) is 0 Å². The minimum Gasteiger partial charge on any atom is -0.351 e. The number of nitrogens with zero attached hydrogens (tertiary/aromatic N) is 1. The highest BCUT2D eigenvalue weighted by atomic mass is 32.1. The number of nitrogens with one attached hydrogen (secondary N) is 3. The third-order valence-electron chi connectivity index (χ3n) is 6.87. The molecule has 3 aliphatic carbocycles. The first-order valence-corrected chi connectivity index (χ1v) is 10.7. The van der Waals surface area contributed by atoms with Gasteiger partial charge in [0.05, 0.1) is 12.1 Å². The molecule has 3 fully saturated rings. The lowest BCUT2D eigenvalue weighted by Crippen LogP contribution is -2.70. The molecule has 28 heavy (non-hydrogen) atoms. The fraction of sp³-hybridized carbons (Fsp3) is 0.476. The number of amides is 2. The number of thiophene rings is 1. The van der Waals surface area contributed by atoms with E-state index in [1.165, 1.54) is 4.88 Å². The molecule has 4 atom stereocenters. The van der Waals surface area contributed by atoms with Crippen LogP contribution in [-0.2, 0) is 11.3 Å². The highest BCUT2D eigenvalue weighted by molar-refractivity contribution is 7.09. The van der Waals surface area contributed by atoms with Crippen LogP contribution in [0.1, 0.15) is 47.8 Å². The molecule has 0 saturated heterocycles. The number of carbonyl (C=O) groups is 2.